The first-order chi connectivity index (χ1) is 11.3. The van der Waals surface area contributed by atoms with Gasteiger partial charge in [0.05, 0.1) is 0 Å². The van der Waals surface area contributed by atoms with Crippen molar-refractivity contribution in [3.8, 4) is 0 Å². The highest BCUT2D eigenvalue weighted by molar-refractivity contribution is 5.85. The molecule has 1 aliphatic heterocycles. The molecule has 4 aliphatic carbocycles. The molecule has 0 unspecified atom stereocenters. The lowest BCUT2D eigenvalue weighted by Gasteiger charge is -2.58. The zero-order chi connectivity index (χ0) is 15.2. The van der Waals surface area contributed by atoms with Gasteiger partial charge in [-0.15, -0.1) is 24.8 Å². The van der Waals surface area contributed by atoms with Crippen LogP contribution in [0.3, 0.4) is 0 Å². The van der Waals surface area contributed by atoms with Crippen LogP contribution in [0.25, 0.3) is 0 Å². The lowest BCUT2D eigenvalue weighted by atomic mass is 9.54. The van der Waals surface area contributed by atoms with Gasteiger partial charge >= 0.3 is 0 Å². The second kappa shape index (κ2) is 9.25. The summed E-state index contributed by atoms with van der Waals surface area (Å²) in [4.78, 5) is 5.55. The predicted molar refractivity (Wildman–Crippen MR) is 112 cm³/mol. The Morgan fingerprint density at radius 3 is 1.81 bits per heavy atom. The van der Waals surface area contributed by atoms with Crippen molar-refractivity contribution in [2.45, 2.75) is 44.7 Å². The summed E-state index contributed by atoms with van der Waals surface area (Å²) in [5, 5.41) is 0. The molecular weight excluding hydrogens is 367 g/mol. The van der Waals surface area contributed by atoms with Crippen LogP contribution in [0.15, 0.2) is 30.3 Å². The third-order valence-electron chi connectivity index (χ3n) is 7.25. The van der Waals surface area contributed by atoms with Gasteiger partial charge in [0.25, 0.3) is 0 Å². The fraction of sp³-hybridized carbons (Fsp3) is 0.714. The van der Waals surface area contributed by atoms with Crippen LogP contribution in [0.1, 0.15) is 37.7 Å². The van der Waals surface area contributed by atoms with Crippen LogP contribution in [0.2, 0.25) is 0 Å². The number of hydrogen-bond acceptors (Lipinski definition) is 2. The maximum absolute atomic E-state index is 2.90. The van der Waals surface area contributed by atoms with Crippen molar-refractivity contribution >= 4 is 24.8 Å². The Morgan fingerprint density at radius 2 is 1.27 bits per heavy atom. The van der Waals surface area contributed by atoms with E-state index in [2.05, 4.69) is 40.1 Å². The molecule has 6 rings (SSSR count). The molecule has 5 heteroatoms. The molecule has 1 aromatic carbocycles. The molecule has 4 saturated carbocycles. The second-order valence-electron chi connectivity index (χ2n) is 8.72. The summed E-state index contributed by atoms with van der Waals surface area (Å²) in [6.45, 7) is 6.27. The van der Waals surface area contributed by atoms with E-state index in [4.69, 9.17) is 0 Å². The van der Waals surface area contributed by atoms with E-state index < -0.39 is 0 Å². The first kappa shape index (κ1) is 22.0. The number of nitrogens with zero attached hydrogens (tertiary/aromatic N) is 2. The molecule has 3 nitrogen and oxygen atoms in total. The third kappa shape index (κ3) is 4.23. The van der Waals surface area contributed by atoms with E-state index in [-0.39, 0.29) is 30.3 Å². The van der Waals surface area contributed by atoms with Crippen molar-refractivity contribution in [3.63, 3.8) is 0 Å². The minimum absolute atomic E-state index is 0. The maximum atomic E-state index is 2.90. The summed E-state index contributed by atoms with van der Waals surface area (Å²) >= 11 is 0. The van der Waals surface area contributed by atoms with Gasteiger partial charge in [-0.1, -0.05) is 30.3 Å². The number of hydrogen-bond donors (Lipinski definition) is 0. The van der Waals surface area contributed by atoms with Gasteiger partial charge in [0.2, 0.25) is 0 Å². The SMILES string of the molecule is Cl.Cl.O.c1ccc(CN2CCN(C3C4CC5CC(C4)CC3C5)CC2)cc1. The summed E-state index contributed by atoms with van der Waals surface area (Å²) < 4.78 is 0. The average Bonchev–Trinajstić information content (AvgIpc) is 2.56. The number of piperazine rings is 1. The maximum Gasteiger partial charge on any atom is 0.0234 e. The standard InChI is InChI=1S/C21H30N2.2ClH.H2O/c1-2-4-16(5-3-1)15-22-6-8-23(9-7-22)21-19-11-17-10-18(13-19)14-20(21)12-17;;;/h1-5,17-21H,6-15H2;2*1H;1H2. The molecule has 0 amide bonds. The molecule has 4 bridgehead atoms. The van der Waals surface area contributed by atoms with Gasteiger partial charge in [0, 0.05) is 38.8 Å². The van der Waals surface area contributed by atoms with Crippen LogP contribution in [-0.4, -0.2) is 47.5 Å². The third-order valence-corrected chi connectivity index (χ3v) is 7.25. The predicted octanol–water partition coefficient (Wildman–Crippen LogP) is 3.65. The van der Waals surface area contributed by atoms with Crippen LogP contribution in [0.5, 0.6) is 0 Å². The fourth-order valence-electron chi connectivity index (χ4n) is 6.55. The quantitative estimate of drug-likeness (QED) is 0.776. The zero-order valence-corrected chi connectivity index (χ0v) is 17.2. The van der Waals surface area contributed by atoms with Crippen LogP contribution in [-0.2, 0) is 6.54 Å². The monoisotopic (exact) mass is 400 g/mol. The van der Waals surface area contributed by atoms with Crippen molar-refractivity contribution < 1.29 is 5.48 Å². The summed E-state index contributed by atoms with van der Waals surface area (Å²) in [6, 6.07) is 11.9. The van der Waals surface area contributed by atoms with E-state index in [0.29, 0.717) is 0 Å². The summed E-state index contributed by atoms with van der Waals surface area (Å²) in [7, 11) is 0. The Balaban J connectivity index is 0.000000810. The largest absolute Gasteiger partial charge is 0.412 e. The van der Waals surface area contributed by atoms with E-state index in [0.717, 1.165) is 36.3 Å². The Morgan fingerprint density at radius 1 is 0.731 bits per heavy atom. The van der Waals surface area contributed by atoms with Gasteiger partial charge in [-0.2, -0.15) is 0 Å². The molecule has 1 saturated heterocycles. The number of rotatable bonds is 3. The molecule has 1 aromatic rings. The normalized spacial score (nSPS) is 35.9. The van der Waals surface area contributed by atoms with Crippen LogP contribution in [0, 0.1) is 23.7 Å². The zero-order valence-electron chi connectivity index (χ0n) is 15.6. The van der Waals surface area contributed by atoms with Crippen molar-refractivity contribution in [1.29, 1.82) is 0 Å². The summed E-state index contributed by atoms with van der Waals surface area (Å²) in [5.41, 5.74) is 1.47. The van der Waals surface area contributed by atoms with E-state index >= 15 is 0 Å². The van der Waals surface area contributed by atoms with Gasteiger partial charge in [-0.25, -0.2) is 0 Å². The van der Waals surface area contributed by atoms with Crippen LogP contribution in [0.4, 0.5) is 0 Å². The average molecular weight is 401 g/mol. The van der Waals surface area contributed by atoms with E-state index in [9.17, 15) is 0 Å². The minimum Gasteiger partial charge on any atom is -0.412 e. The molecule has 1 heterocycles. The lowest BCUT2D eigenvalue weighted by molar-refractivity contribution is -0.0769. The molecule has 148 valence electrons. The number of benzene rings is 1. The minimum atomic E-state index is 0. The first-order valence-electron chi connectivity index (χ1n) is 9.85. The topological polar surface area (TPSA) is 38.0 Å². The molecule has 26 heavy (non-hydrogen) atoms. The fourth-order valence-corrected chi connectivity index (χ4v) is 6.55. The van der Waals surface area contributed by atoms with E-state index in [1.54, 1.807) is 32.1 Å². The first-order valence-corrected chi connectivity index (χ1v) is 9.85. The molecule has 0 atom stereocenters. The highest BCUT2D eigenvalue weighted by atomic mass is 35.5. The highest BCUT2D eigenvalue weighted by Gasteiger charge is 2.50. The van der Waals surface area contributed by atoms with Gasteiger partial charge in [0.15, 0.2) is 0 Å². The molecule has 2 N–H and O–H groups in total. The Labute approximate surface area is 170 Å². The van der Waals surface area contributed by atoms with Gasteiger partial charge in [0.1, 0.15) is 0 Å². The van der Waals surface area contributed by atoms with Crippen molar-refractivity contribution in [3.05, 3.63) is 35.9 Å². The van der Waals surface area contributed by atoms with Crippen molar-refractivity contribution in [1.82, 2.24) is 9.80 Å². The molecular formula is C21H34Cl2N2O. The summed E-state index contributed by atoms with van der Waals surface area (Å²) in [5.74, 6) is 4.31. The van der Waals surface area contributed by atoms with Gasteiger partial charge in [-0.05, 0) is 61.3 Å². The Kier molecular flexibility index (Phi) is 7.82. The van der Waals surface area contributed by atoms with E-state index in [1.807, 2.05) is 0 Å². The van der Waals surface area contributed by atoms with Crippen molar-refractivity contribution in [2.75, 3.05) is 26.2 Å². The highest BCUT2D eigenvalue weighted by Crippen LogP contribution is 2.55. The molecule has 0 aromatic heterocycles. The Hall–Kier alpha value is -0.320. The molecule has 5 fully saturated rings. The van der Waals surface area contributed by atoms with Crippen molar-refractivity contribution in [2.24, 2.45) is 23.7 Å². The van der Waals surface area contributed by atoms with E-state index in [1.165, 1.54) is 31.7 Å². The second-order valence-corrected chi connectivity index (χ2v) is 8.72. The lowest BCUT2D eigenvalue weighted by Crippen LogP contribution is -2.60. The summed E-state index contributed by atoms with van der Waals surface area (Å²) in [6.07, 6.45) is 7.80. The van der Waals surface area contributed by atoms with Gasteiger partial charge < -0.3 is 5.48 Å². The Bertz CT molecular complexity index is 520. The molecule has 0 spiro atoms. The van der Waals surface area contributed by atoms with Crippen LogP contribution >= 0.6 is 24.8 Å². The molecule has 5 aliphatic rings. The van der Waals surface area contributed by atoms with Crippen LogP contribution < -0.4 is 0 Å². The smallest absolute Gasteiger partial charge is 0.0234 e. The van der Waals surface area contributed by atoms with Gasteiger partial charge in [-0.3, -0.25) is 9.80 Å². The molecule has 0 radical (unpaired) electrons. The number of halogens is 2.